The zero-order chi connectivity index (χ0) is 17.6. The smallest absolute Gasteiger partial charge is 0.257 e. The van der Waals surface area contributed by atoms with Gasteiger partial charge in [-0.2, -0.15) is 0 Å². The first-order valence-electron chi connectivity index (χ1n) is 7.72. The number of rotatable bonds is 6. The largest absolute Gasteiger partial charge is 0.331 e. The lowest BCUT2D eigenvalue weighted by molar-refractivity contribution is 0.578. The lowest BCUT2D eigenvalue weighted by atomic mass is 10.0. The molecule has 0 aromatic heterocycles. The number of anilines is 1. The van der Waals surface area contributed by atoms with E-state index in [4.69, 9.17) is 12.2 Å². The van der Waals surface area contributed by atoms with Gasteiger partial charge in [0.15, 0.2) is 5.11 Å². The topological polar surface area (TPSA) is 70.2 Å². The zero-order valence-corrected chi connectivity index (χ0v) is 15.3. The monoisotopic (exact) mass is 363 g/mol. The quantitative estimate of drug-likeness (QED) is 0.544. The van der Waals surface area contributed by atoms with Crippen molar-refractivity contribution in [1.82, 2.24) is 10.3 Å². The van der Waals surface area contributed by atoms with Crippen LogP contribution in [-0.4, -0.2) is 13.5 Å². The van der Waals surface area contributed by atoms with Crippen LogP contribution in [0.4, 0.5) is 5.69 Å². The molecular weight excluding hydrogens is 342 g/mol. The van der Waals surface area contributed by atoms with Crippen LogP contribution in [0.2, 0.25) is 0 Å². The van der Waals surface area contributed by atoms with E-state index in [0.717, 1.165) is 29.7 Å². The Kier molecular flexibility index (Phi) is 6.30. The molecule has 0 unspecified atom stereocenters. The number of hydrogen-bond donors (Lipinski definition) is 3. The molecule has 0 aliphatic carbocycles. The van der Waals surface area contributed by atoms with E-state index in [-0.39, 0.29) is 10.0 Å². The van der Waals surface area contributed by atoms with Crippen molar-refractivity contribution < 1.29 is 8.42 Å². The molecule has 128 valence electrons. The summed E-state index contributed by atoms with van der Waals surface area (Å²) < 4.78 is 24.3. The van der Waals surface area contributed by atoms with E-state index < -0.39 is 10.0 Å². The van der Waals surface area contributed by atoms with E-state index >= 15 is 0 Å². The van der Waals surface area contributed by atoms with Crippen LogP contribution < -0.4 is 15.6 Å². The van der Waals surface area contributed by atoms with Crippen LogP contribution in [0.15, 0.2) is 53.4 Å². The van der Waals surface area contributed by atoms with E-state index in [1.54, 1.807) is 18.2 Å². The maximum Gasteiger partial charge on any atom is 0.257 e. The maximum atomic E-state index is 12.2. The van der Waals surface area contributed by atoms with Gasteiger partial charge in [0.2, 0.25) is 0 Å². The number of hydrogen-bond acceptors (Lipinski definition) is 3. The molecule has 0 saturated heterocycles. The summed E-state index contributed by atoms with van der Waals surface area (Å²) in [6.45, 7) is 4.13. The van der Waals surface area contributed by atoms with E-state index in [1.165, 1.54) is 12.1 Å². The van der Waals surface area contributed by atoms with Crippen molar-refractivity contribution in [1.29, 1.82) is 0 Å². The number of aryl methyl sites for hydroxylation is 2. The summed E-state index contributed by atoms with van der Waals surface area (Å²) in [5.41, 5.74) is 5.74. The van der Waals surface area contributed by atoms with Gasteiger partial charge < -0.3 is 5.32 Å². The van der Waals surface area contributed by atoms with Gasteiger partial charge in [-0.15, -0.1) is 4.83 Å². The highest BCUT2D eigenvalue weighted by Crippen LogP contribution is 2.22. The van der Waals surface area contributed by atoms with E-state index in [1.807, 2.05) is 18.2 Å². The molecule has 0 aliphatic rings. The van der Waals surface area contributed by atoms with Gasteiger partial charge in [-0.25, -0.2) is 8.42 Å². The summed E-state index contributed by atoms with van der Waals surface area (Å²) in [7, 11) is -3.67. The highest BCUT2D eigenvalue weighted by Gasteiger charge is 2.14. The van der Waals surface area contributed by atoms with Crippen LogP contribution in [0.3, 0.4) is 0 Å². The summed E-state index contributed by atoms with van der Waals surface area (Å²) in [4.78, 5) is 2.46. The van der Waals surface area contributed by atoms with Gasteiger partial charge in [0.05, 0.1) is 4.90 Å². The van der Waals surface area contributed by atoms with E-state index in [9.17, 15) is 8.42 Å². The SMILES string of the molecule is CCc1cccc(CC)c1NC(=S)NNS(=O)(=O)c1ccccc1. The van der Waals surface area contributed by atoms with Crippen LogP contribution in [0.5, 0.6) is 0 Å². The summed E-state index contributed by atoms with van der Waals surface area (Å²) in [5.74, 6) is 0. The second-order valence-electron chi connectivity index (χ2n) is 5.16. The minimum Gasteiger partial charge on any atom is -0.331 e. The predicted molar refractivity (Wildman–Crippen MR) is 101 cm³/mol. The minimum absolute atomic E-state index is 0.170. The molecule has 2 aromatic rings. The summed E-state index contributed by atoms with van der Waals surface area (Å²) in [6.07, 6.45) is 1.71. The number of sulfonamides is 1. The third-order valence-corrected chi connectivity index (χ3v) is 5.06. The molecule has 24 heavy (non-hydrogen) atoms. The Labute approximate surface area is 148 Å². The van der Waals surface area contributed by atoms with Gasteiger partial charge in [-0.05, 0) is 48.3 Å². The molecule has 0 radical (unpaired) electrons. The fourth-order valence-corrected chi connectivity index (χ4v) is 3.41. The third kappa shape index (κ3) is 4.53. The molecule has 0 aliphatic heterocycles. The number of nitrogens with one attached hydrogen (secondary N) is 3. The fourth-order valence-electron chi connectivity index (χ4n) is 2.32. The van der Waals surface area contributed by atoms with Crippen molar-refractivity contribution >= 4 is 33.0 Å². The van der Waals surface area contributed by atoms with E-state index in [2.05, 4.69) is 29.4 Å². The summed E-state index contributed by atoms with van der Waals surface area (Å²) >= 11 is 5.22. The van der Waals surface area contributed by atoms with Gasteiger partial charge in [0.1, 0.15) is 0 Å². The lowest BCUT2D eigenvalue weighted by Gasteiger charge is -2.17. The first-order valence-corrected chi connectivity index (χ1v) is 9.61. The Balaban J connectivity index is 2.07. The van der Waals surface area contributed by atoms with Crippen LogP contribution >= 0.6 is 12.2 Å². The Morgan fingerprint density at radius 3 is 2.08 bits per heavy atom. The van der Waals surface area contributed by atoms with Crippen molar-refractivity contribution in [3.8, 4) is 0 Å². The molecule has 0 amide bonds. The number of benzene rings is 2. The number of para-hydroxylation sites is 1. The van der Waals surface area contributed by atoms with Gasteiger partial charge >= 0.3 is 0 Å². The molecule has 3 N–H and O–H groups in total. The zero-order valence-electron chi connectivity index (χ0n) is 13.7. The fraction of sp³-hybridized carbons (Fsp3) is 0.235. The minimum atomic E-state index is -3.67. The van der Waals surface area contributed by atoms with Gasteiger partial charge in [0, 0.05) is 5.69 Å². The standard InChI is InChI=1S/C17H21N3O2S2/c1-3-13-9-8-10-14(4-2)16(13)18-17(23)19-20-24(21,22)15-11-6-5-7-12-15/h5-12,20H,3-4H2,1-2H3,(H2,18,19,23). The van der Waals surface area contributed by atoms with Crippen molar-refractivity contribution in [2.24, 2.45) is 0 Å². The van der Waals surface area contributed by atoms with Crippen LogP contribution in [0, 0.1) is 0 Å². The van der Waals surface area contributed by atoms with E-state index in [0.29, 0.717) is 0 Å². The highest BCUT2D eigenvalue weighted by molar-refractivity contribution is 7.89. The summed E-state index contributed by atoms with van der Waals surface area (Å²) in [6, 6.07) is 14.2. The van der Waals surface area contributed by atoms with Gasteiger partial charge in [0.25, 0.3) is 10.0 Å². The second-order valence-corrected chi connectivity index (χ2v) is 7.25. The Morgan fingerprint density at radius 2 is 1.54 bits per heavy atom. The molecule has 2 rings (SSSR count). The van der Waals surface area contributed by atoms with Crippen molar-refractivity contribution in [3.05, 3.63) is 59.7 Å². The third-order valence-electron chi connectivity index (χ3n) is 3.59. The molecule has 5 nitrogen and oxygen atoms in total. The normalized spacial score (nSPS) is 11.1. The molecule has 0 bridgehead atoms. The Bertz CT molecular complexity index is 784. The molecule has 0 atom stereocenters. The predicted octanol–water partition coefficient (Wildman–Crippen LogP) is 2.99. The molecule has 7 heteroatoms. The maximum absolute atomic E-state index is 12.2. The van der Waals surface area contributed by atoms with Crippen molar-refractivity contribution in [2.75, 3.05) is 5.32 Å². The first-order chi connectivity index (χ1) is 11.5. The highest BCUT2D eigenvalue weighted by atomic mass is 32.2. The van der Waals surface area contributed by atoms with Gasteiger partial charge in [-0.3, -0.25) is 5.43 Å². The average molecular weight is 364 g/mol. The average Bonchev–Trinajstić information content (AvgIpc) is 2.61. The van der Waals surface area contributed by atoms with Crippen LogP contribution in [0.25, 0.3) is 0 Å². The second kappa shape index (κ2) is 8.23. The van der Waals surface area contributed by atoms with Crippen molar-refractivity contribution in [2.45, 2.75) is 31.6 Å². The molecule has 0 saturated carbocycles. The van der Waals surface area contributed by atoms with Gasteiger partial charge in [-0.1, -0.05) is 50.2 Å². The molecule has 0 spiro atoms. The molecule has 0 fully saturated rings. The number of thiocarbonyl (C=S) groups is 1. The molecule has 2 aromatic carbocycles. The lowest BCUT2D eigenvalue weighted by Crippen LogP contribution is -2.43. The summed E-state index contributed by atoms with van der Waals surface area (Å²) in [5, 5.41) is 3.30. The van der Waals surface area contributed by atoms with Crippen LogP contribution in [0.1, 0.15) is 25.0 Å². The van der Waals surface area contributed by atoms with Crippen LogP contribution in [-0.2, 0) is 22.9 Å². The molecular formula is C17H21N3O2S2. The Morgan fingerprint density at radius 1 is 0.958 bits per heavy atom. The van der Waals surface area contributed by atoms with Crippen molar-refractivity contribution in [3.63, 3.8) is 0 Å². The molecule has 0 heterocycles. The Hall–Kier alpha value is -1.96. The first kappa shape index (κ1) is 18.4. The number of hydrazine groups is 1.